The van der Waals surface area contributed by atoms with Crippen molar-refractivity contribution in [1.29, 1.82) is 0 Å². The first-order valence-corrected chi connectivity index (χ1v) is 10.6. The van der Waals surface area contributed by atoms with Gasteiger partial charge in [0, 0.05) is 42.0 Å². The van der Waals surface area contributed by atoms with Gasteiger partial charge in [0.25, 0.3) is 0 Å². The van der Waals surface area contributed by atoms with Crippen molar-refractivity contribution < 1.29 is 9.53 Å². The molecule has 152 valence electrons. The van der Waals surface area contributed by atoms with Gasteiger partial charge in [-0.1, -0.05) is 13.8 Å². The van der Waals surface area contributed by atoms with E-state index in [4.69, 9.17) is 4.74 Å². The third-order valence-electron chi connectivity index (χ3n) is 4.72. The SMILES string of the molecule is Cc1cc(/C=N\NC(=O)Cc2csc(N3CCOCC3)n2)c(C)n1CC(C)C. The number of ether oxygens (including phenoxy) is 1. The molecule has 0 bridgehead atoms. The Morgan fingerprint density at radius 2 is 2.14 bits per heavy atom. The molecule has 7 nitrogen and oxygen atoms in total. The van der Waals surface area contributed by atoms with E-state index in [9.17, 15) is 4.79 Å². The summed E-state index contributed by atoms with van der Waals surface area (Å²) in [5.74, 6) is 0.417. The van der Waals surface area contributed by atoms with Crippen molar-refractivity contribution in [2.45, 2.75) is 40.7 Å². The maximum Gasteiger partial charge on any atom is 0.246 e. The second-order valence-electron chi connectivity index (χ2n) is 7.52. The molecule has 1 amide bonds. The second-order valence-corrected chi connectivity index (χ2v) is 8.36. The van der Waals surface area contributed by atoms with Crippen LogP contribution >= 0.6 is 11.3 Å². The number of rotatable bonds is 7. The molecular weight excluding hydrogens is 374 g/mol. The fourth-order valence-electron chi connectivity index (χ4n) is 3.26. The highest BCUT2D eigenvalue weighted by Gasteiger charge is 2.15. The first-order chi connectivity index (χ1) is 13.4. The number of nitrogens with one attached hydrogen (secondary N) is 1. The van der Waals surface area contributed by atoms with E-state index in [1.165, 1.54) is 11.4 Å². The van der Waals surface area contributed by atoms with Crippen LogP contribution in [-0.2, 0) is 22.5 Å². The molecule has 0 aliphatic carbocycles. The summed E-state index contributed by atoms with van der Waals surface area (Å²) >= 11 is 1.57. The van der Waals surface area contributed by atoms with Crippen LogP contribution in [0.25, 0.3) is 0 Å². The Morgan fingerprint density at radius 1 is 1.39 bits per heavy atom. The van der Waals surface area contributed by atoms with Crippen LogP contribution in [0, 0.1) is 19.8 Å². The third-order valence-corrected chi connectivity index (χ3v) is 5.67. The lowest BCUT2D eigenvalue weighted by atomic mass is 10.2. The maximum atomic E-state index is 12.2. The average Bonchev–Trinajstić information content (AvgIpc) is 3.22. The fraction of sp³-hybridized carbons (Fsp3) is 0.550. The number of thiazole rings is 1. The van der Waals surface area contributed by atoms with E-state index in [1.54, 1.807) is 17.6 Å². The van der Waals surface area contributed by atoms with Gasteiger partial charge in [0.05, 0.1) is 31.5 Å². The van der Waals surface area contributed by atoms with E-state index < -0.39 is 0 Å². The Bertz CT molecular complexity index is 834. The van der Waals surface area contributed by atoms with Crippen LogP contribution in [0.15, 0.2) is 16.5 Å². The Kier molecular flexibility index (Phi) is 6.85. The molecule has 1 N–H and O–H groups in total. The zero-order chi connectivity index (χ0) is 20.1. The molecule has 3 heterocycles. The van der Waals surface area contributed by atoms with Gasteiger partial charge < -0.3 is 14.2 Å². The van der Waals surface area contributed by atoms with Gasteiger partial charge in [-0.3, -0.25) is 4.79 Å². The molecule has 1 fully saturated rings. The van der Waals surface area contributed by atoms with Gasteiger partial charge in [-0.25, -0.2) is 10.4 Å². The lowest BCUT2D eigenvalue weighted by Gasteiger charge is -2.26. The Hall–Kier alpha value is -2.19. The highest BCUT2D eigenvalue weighted by atomic mass is 32.1. The highest BCUT2D eigenvalue weighted by Crippen LogP contribution is 2.21. The number of hydrazone groups is 1. The molecule has 1 aliphatic rings. The van der Waals surface area contributed by atoms with Crippen molar-refractivity contribution in [3.63, 3.8) is 0 Å². The van der Waals surface area contributed by atoms with E-state index in [2.05, 4.69) is 58.7 Å². The minimum atomic E-state index is -0.161. The van der Waals surface area contributed by atoms with Crippen molar-refractivity contribution in [3.8, 4) is 0 Å². The van der Waals surface area contributed by atoms with Crippen molar-refractivity contribution in [1.82, 2.24) is 15.0 Å². The molecular formula is C20H29N5O2S. The topological polar surface area (TPSA) is 71.8 Å². The summed E-state index contributed by atoms with van der Waals surface area (Å²) in [7, 11) is 0. The summed E-state index contributed by atoms with van der Waals surface area (Å²) in [6, 6.07) is 2.10. The van der Waals surface area contributed by atoms with Crippen LogP contribution < -0.4 is 10.3 Å². The number of amides is 1. The van der Waals surface area contributed by atoms with E-state index in [0.29, 0.717) is 5.92 Å². The molecule has 2 aromatic rings. The molecule has 0 atom stereocenters. The summed E-state index contributed by atoms with van der Waals surface area (Å²) in [5, 5.41) is 7.03. The number of morpholine rings is 1. The van der Waals surface area contributed by atoms with Crippen LogP contribution in [0.5, 0.6) is 0 Å². The largest absolute Gasteiger partial charge is 0.378 e. The molecule has 0 radical (unpaired) electrons. The predicted molar refractivity (Wildman–Crippen MR) is 113 cm³/mol. The molecule has 0 unspecified atom stereocenters. The van der Waals surface area contributed by atoms with E-state index in [-0.39, 0.29) is 12.3 Å². The predicted octanol–water partition coefficient (Wildman–Crippen LogP) is 2.75. The van der Waals surface area contributed by atoms with Crippen LogP contribution in [0.2, 0.25) is 0 Å². The molecule has 1 saturated heterocycles. The molecule has 0 saturated carbocycles. The van der Waals surface area contributed by atoms with Gasteiger partial charge >= 0.3 is 0 Å². The number of carbonyl (C=O) groups excluding carboxylic acids is 1. The summed E-state index contributed by atoms with van der Waals surface area (Å²) in [6.45, 7) is 12.7. The fourth-order valence-corrected chi connectivity index (χ4v) is 4.14. The van der Waals surface area contributed by atoms with Gasteiger partial charge in [0.2, 0.25) is 5.91 Å². The molecule has 8 heteroatoms. The molecule has 0 aromatic carbocycles. The lowest BCUT2D eigenvalue weighted by Crippen LogP contribution is -2.36. The Balaban J connectivity index is 1.54. The summed E-state index contributed by atoms with van der Waals surface area (Å²) in [4.78, 5) is 19.0. The van der Waals surface area contributed by atoms with Crippen LogP contribution in [0.3, 0.4) is 0 Å². The number of aromatic nitrogens is 2. The van der Waals surface area contributed by atoms with Crippen molar-refractivity contribution >= 4 is 28.6 Å². The smallest absolute Gasteiger partial charge is 0.246 e. The minimum absolute atomic E-state index is 0.161. The standard InChI is InChI=1S/C20H29N5O2S/c1-14(2)12-25-15(3)9-17(16(25)4)11-21-23-19(26)10-18-13-28-20(22-18)24-5-7-27-8-6-24/h9,11,13-14H,5-8,10,12H2,1-4H3,(H,23,26)/b21-11-. The van der Waals surface area contributed by atoms with Crippen molar-refractivity contribution in [2.75, 3.05) is 31.2 Å². The number of hydrogen-bond donors (Lipinski definition) is 1. The first-order valence-electron chi connectivity index (χ1n) is 9.69. The summed E-state index contributed by atoms with van der Waals surface area (Å²) in [5.41, 5.74) is 6.79. The van der Waals surface area contributed by atoms with E-state index in [1.807, 2.05) is 5.38 Å². The maximum absolute atomic E-state index is 12.2. The summed E-state index contributed by atoms with van der Waals surface area (Å²) in [6.07, 6.45) is 1.95. The van der Waals surface area contributed by atoms with Crippen LogP contribution in [0.1, 0.15) is 36.5 Å². The normalized spacial score (nSPS) is 15.0. The zero-order valence-corrected chi connectivity index (χ0v) is 17.9. The van der Waals surface area contributed by atoms with E-state index in [0.717, 1.165) is 49.2 Å². The van der Waals surface area contributed by atoms with Crippen LogP contribution in [0.4, 0.5) is 5.13 Å². The number of nitrogens with zero attached hydrogens (tertiary/aromatic N) is 4. The van der Waals surface area contributed by atoms with Crippen LogP contribution in [-0.4, -0.2) is 48.0 Å². The monoisotopic (exact) mass is 403 g/mol. The molecule has 0 spiro atoms. The highest BCUT2D eigenvalue weighted by molar-refractivity contribution is 7.13. The van der Waals surface area contributed by atoms with Gasteiger partial charge in [-0.05, 0) is 25.8 Å². The minimum Gasteiger partial charge on any atom is -0.378 e. The number of aryl methyl sites for hydroxylation is 1. The molecule has 28 heavy (non-hydrogen) atoms. The number of carbonyl (C=O) groups is 1. The summed E-state index contributed by atoms with van der Waals surface area (Å²) < 4.78 is 7.65. The first kappa shape index (κ1) is 20.5. The van der Waals surface area contributed by atoms with Gasteiger partial charge in [-0.15, -0.1) is 11.3 Å². The second kappa shape index (κ2) is 9.34. The molecule has 2 aromatic heterocycles. The third kappa shape index (κ3) is 5.20. The molecule has 3 rings (SSSR count). The average molecular weight is 404 g/mol. The van der Waals surface area contributed by atoms with Crippen molar-refractivity contribution in [3.05, 3.63) is 34.1 Å². The van der Waals surface area contributed by atoms with Crippen molar-refractivity contribution in [2.24, 2.45) is 11.0 Å². The molecule has 1 aliphatic heterocycles. The van der Waals surface area contributed by atoms with E-state index >= 15 is 0 Å². The van der Waals surface area contributed by atoms with Gasteiger partial charge in [0.1, 0.15) is 0 Å². The zero-order valence-electron chi connectivity index (χ0n) is 17.1. The van der Waals surface area contributed by atoms with Gasteiger partial charge in [0.15, 0.2) is 5.13 Å². The van der Waals surface area contributed by atoms with Gasteiger partial charge in [-0.2, -0.15) is 5.10 Å². The lowest BCUT2D eigenvalue weighted by molar-refractivity contribution is -0.120. The Morgan fingerprint density at radius 3 is 2.86 bits per heavy atom. The quantitative estimate of drug-likeness (QED) is 0.570. The number of hydrogen-bond acceptors (Lipinski definition) is 6. The number of anilines is 1. The Labute approximate surface area is 170 Å².